The van der Waals surface area contributed by atoms with Gasteiger partial charge in [-0.15, -0.1) is 0 Å². The zero-order chi connectivity index (χ0) is 14.1. The Bertz CT molecular complexity index is 486. The van der Waals surface area contributed by atoms with Crippen LogP contribution in [0.15, 0.2) is 41.3 Å². The van der Waals surface area contributed by atoms with Gasteiger partial charge in [-0.05, 0) is 61.8 Å². The van der Waals surface area contributed by atoms with Gasteiger partial charge in [0.25, 0.3) is 5.76 Å². The van der Waals surface area contributed by atoms with Crippen molar-refractivity contribution in [2.45, 2.75) is 36.5 Å². The average molecular weight is 295 g/mol. The van der Waals surface area contributed by atoms with E-state index in [4.69, 9.17) is 0 Å². The monoisotopic (exact) mass is 295 g/mol. The largest absolute Gasteiger partial charge is 0.382 e. The summed E-state index contributed by atoms with van der Waals surface area (Å²) in [6, 6.07) is 7.72. The van der Waals surface area contributed by atoms with Gasteiger partial charge < -0.3 is 5.32 Å². The third-order valence-electron chi connectivity index (χ3n) is 4.45. The summed E-state index contributed by atoms with van der Waals surface area (Å²) in [5, 5.41) is 3.52. The lowest BCUT2D eigenvalue weighted by molar-refractivity contribution is 0.252. The molecule has 0 amide bonds. The molecule has 108 valence electrons. The summed E-state index contributed by atoms with van der Waals surface area (Å²) in [6.07, 6.45) is 7.29. The minimum atomic E-state index is -2.35. The topological polar surface area (TPSA) is 12.0 Å². The number of benzene rings is 1. The third kappa shape index (κ3) is 3.00. The molecule has 0 aliphatic heterocycles. The number of fused-ring (bicyclic) bond motifs is 2. The molecule has 0 spiro atoms. The second-order valence-corrected chi connectivity index (χ2v) is 6.84. The van der Waals surface area contributed by atoms with Crippen molar-refractivity contribution in [1.29, 1.82) is 0 Å². The molecule has 0 radical (unpaired) electrons. The lowest BCUT2D eigenvalue weighted by atomic mass is 9.87. The molecule has 0 saturated heterocycles. The number of rotatable bonds is 5. The molecule has 0 aromatic heterocycles. The Morgan fingerprint density at radius 2 is 1.90 bits per heavy atom. The lowest BCUT2D eigenvalue weighted by Crippen LogP contribution is -2.28. The molecule has 2 aliphatic rings. The zero-order valence-corrected chi connectivity index (χ0v) is 12.2. The van der Waals surface area contributed by atoms with Crippen LogP contribution in [0.1, 0.15) is 19.8 Å². The molecule has 1 aromatic carbocycles. The smallest absolute Gasteiger partial charge is 0.288 e. The number of hydrogen-bond donors (Lipinski definition) is 1. The molecule has 1 nitrogen and oxygen atoms in total. The van der Waals surface area contributed by atoms with Crippen LogP contribution in [0.5, 0.6) is 0 Å². The predicted molar refractivity (Wildman–Crippen MR) is 80.2 cm³/mol. The fraction of sp³-hybridized carbons (Fsp3) is 0.500. The summed E-state index contributed by atoms with van der Waals surface area (Å²) >= 11 is 0.591. The first-order chi connectivity index (χ1) is 9.61. The Labute approximate surface area is 122 Å². The molecule has 1 saturated carbocycles. The van der Waals surface area contributed by atoms with Gasteiger partial charge in [0.1, 0.15) is 0 Å². The minimum Gasteiger partial charge on any atom is -0.382 e. The van der Waals surface area contributed by atoms with Crippen LogP contribution >= 0.6 is 11.8 Å². The van der Waals surface area contributed by atoms with Crippen LogP contribution in [0.2, 0.25) is 0 Å². The Kier molecular flexibility index (Phi) is 4.01. The quantitative estimate of drug-likeness (QED) is 0.605. The molecule has 2 aliphatic carbocycles. The SMILES string of the molecule is CC(Nc1ccc(SC(F)F)cc1)C1CC2C=CC1C2. The Hall–Kier alpha value is -1.03. The van der Waals surface area contributed by atoms with Gasteiger partial charge in [0, 0.05) is 16.6 Å². The number of halogens is 2. The van der Waals surface area contributed by atoms with Crippen LogP contribution < -0.4 is 5.32 Å². The van der Waals surface area contributed by atoms with Crippen molar-refractivity contribution in [2.24, 2.45) is 17.8 Å². The van der Waals surface area contributed by atoms with Gasteiger partial charge in [0.2, 0.25) is 0 Å². The van der Waals surface area contributed by atoms with E-state index in [9.17, 15) is 8.78 Å². The van der Waals surface area contributed by atoms with Crippen LogP contribution in [0.25, 0.3) is 0 Å². The van der Waals surface area contributed by atoms with Crippen LogP contribution in [-0.2, 0) is 0 Å². The molecule has 0 heterocycles. The van der Waals surface area contributed by atoms with Gasteiger partial charge in [-0.2, -0.15) is 8.78 Å². The molecule has 4 atom stereocenters. The van der Waals surface area contributed by atoms with E-state index in [2.05, 4.69) is 24.4 Å². The standard InChI is InChI=1S/C16H19F2NS/c1-10(15-9-11-2-3-12(15)8-11)19-13-4-6-14(7-5-13)20-16(17)18/h2-7,10-12,15-16,19H,8-9H2,1H3. The van der Waals surface area contributed by atoms with Crippen LogP contribution in [0.4, 0.5) is 14.5 Å². The van der Waals surface area contributed by atoms with E-state index < -0.39 is 5.76 Å². The van der Waals surface area contributed by atoms with Crippen molar-refractivity contribution in [2.75, 3.05) is 5.32 Å². The van der Waals surface area contributed by atoms with E-state index in [1.807, 2.05) is 12.1 Å². The van der Waals surface area contributed by atoms with Gasteiger partial charge in [-0.3, -0.25) is 0 Å². The molecule has 3 rings (SSSR count). The number of allylic oxidation sites excluding steroid dienone is 2. The van der Waals surface area contributed by atoms with E-state index >= 15 is 0 Å². The summed E-state index contributed by atoms with van der Waals surface area (Å²) < 4.78 is 24.5. The number of alkyl halides is 2. The van der Waals surface area contributed by atoms with E-state index in [0.717, 1.165) is 17.5 Å². The highest BCUT2D eigenvalue weighted by Gasteiger charge is 2.38. The second kappa shape index (κ2) is 5.76. The summed E-state index contributed by atoms with van der Waals surface area (Å²) in [4.78, 5) is 0.612. The second-order valence-electron chi connectivity index (χ2n) is 5.78. The van der Waals surface area contributed by atoms with E-state index in [1.165, 1.54) is 12.8 Å². The van der Waals surface area contributed by atoms with Crippen LogP contribution in [-0.4, -0.2) is 11.8 Å². The Balaban J connectivity index is 1.58. The van der Waals surface area contributed by atoms with Gasteiger partial charge in [0.15, 0.2) is 0 Å². The zero-order valence-electron chi connectivity index (χ0n) is 11.4. The maximum Gasteiger partial charge on any atom is 0.288 e. The predicted octanol–water partition coefficient (Wildman–Crippen LogP) is 5.01. The van der Waals surface area contributed by atoms with Gasteiger partial charge in [0.05, 0.1) is 0 Å². The first-order valence-electron chi connectivity index (χ1n) is 7.11. The molecule has 2 bridgehead atoms. The lowest BCUT2D eigenvalue weighted by Gasteiger charge is -2.27. The molecule has 4 heteroatoms. The summed E-state index contributed by atoms with van der Waals surface area (Å²) in [5.41, 5.74) is 1.02. The highest BCUT2D eigenvalue weighted by molar-refractivity contribution is 7.99. The third-order valence-corrected chi connectivity index (χ3v) is 5.17. The average Bonchev–Trinajstić information content (AvgIpc) is 3.03. The van der Waals surface area contributed by atoms with Gasteiger partial charge in [-0.25, -0.2) is 0 Å². The van der Waals surface area contributed by atoms with Gasteiger partial charge >= 0.3 is 0 Å². The minimum absolute atomic E-state index is 0.420. The first-order valence-corrected chi connectivity index (χ1v) is 7.99. The number of nitrogens with one attached hydrogen (secondary N) is 1. The summed E-state index contributed by atoms with van der Waals surface area (Å²) in [5.74, 6) is -0.163. The van der Waals surface area contributed by atoms with Crippen LogP contribution in [0, 0.1) is 17.8 Å². The highest BCUT2D eigenvalue weighted by Crippen LogP contribution is 2.45. The maximum absolute atomic E-state index is 12.3. The van der Waals surface area contributed by atoms with Crippen molar-refractivity contribution in [3.8, 4) is 0 Å². The molecular formula is C16H19F2NS. The van der Waals surface area contributed by atoms with Gasteiger partial charge in [-0.1, -0.05) is 23.9 Å². The normalized spacial score (nSPS) is 29.1. The van der Waals surface area contributed by atoms with Crippen molar-refractivity contribution >= 4 is 17.4 Å². The molecule has 4 unspecified atom stereocenters. The Morgan fingerprint density at radius 1 is 1.15 bits per heavy atom. The fourth-order valence-electron chi connectivity index (χ4n) is 3.50. The molecular weight excluding hydrogens is 276 g/mol. The van der Waals surface area contributed by atoms with Crippen molar-refractivity contribution in [3.05, 3.63) is 36.4 Å². The van der Waals surface area contributed by atoms with Crippen molar-refractivity contribution in [3.63, 3.8) is 0 Å². The number of hydrogen-bond acceptors (Lipinski definition) is 2. The Morgan fingerprint density at radius 3 is 2.45 bits per heavy atom. The van der Waals surface area contributed by atoms with E-state index in [-0.39, 0.29) is 0 Å². The molecule has 1 aromatic rings. The molecule has 1 N–H and O–H groups in total. The van der Waals surface area contributed by atoms with E-state index in [0.29, 0.717) is 28.6 Å². The summed E-state index contributed by atoms with van der Waals surface area (Å²) in [6.45, 7) is 2.22. The maximum atomic E-state index is 12.3. The van der Waals surface area contributed by atoms with Crippen molar-refractivity contribution < 1.29 is 8.78 Å². The summed E-state index contributed by atoms with van der Waals surface area (Å²) in [7, 11) is 0. The number of thioether (sulfide) groups is 1. The molecule has 20 heavy (non-hydrogen) atoms. The first kappa shape index (κ1) is 13.9. The fourth-order valence-corrected chi connectivity index (χ4v) is 4.00. The van der Waals surface area contributed by atoms with Crippen molar-refractivity contribution in [1.82, 2.24) is 0 Å². The highest BCUT2D eigenvalue weighted by atomic mass is 32.2. The van der Waals surface area contributed by atoms with E-state index in [1.54, 1.807) is 12.1 Å². The number of anilines is 1. The van der Waals surface area contributed by atoms with Crippen LogP contribution in [0.3, 0.4) is 0 Å². The molecule has 1 fully saturated rings.